The lowest BCUT2D eigenvalue weighted by molar-refractivity contribution is -0.161. The molecule has 0 spiro atoms. The third-order valence-corrected chi connectivity index (χ3v) is 17.5. The molecule has 3 N–H and O–H groups in total. The van der Waals surface area contributed by atoms with Gasteiger partial charge in [-0.15, -0.1) is 0 Å². The molecule has 0 aromatic carbocycles. The number of nitrogens with two attached hydrogens (primary N) is 1. The van der Waals surface area contributed by atoms with Crippen LogP contribution in [0.15, 0.2) is 36.5 Å². The first kappa shape index (κ1) is 81.2. The van der Waals surface area contributed by atoms with Crippen molar-refractivity contribution >= 4 is 19.8 Å². The third kappa shape index (κ3) is 69.2. The summed E-state index contributed by atoms with van der Waals surface area (Å²) in [5.41, 5.74) is 5.40. The lowest BCUT2D eigenvalue weighted by Crippen LogP contribution is -2.29. The maximum atomic E-state index is 12.7. The van der Waals surface area contributed by atoms with Crippen LogP contribution in [0, 0.1) is 0 Å². The van der Waals surface area contributed by atoms with E-state index in [4.69, 9.17) is 24.3 Å². The monoisotopic (exact) mass is 1190 g/mol. The average molecular weight is 1190 g/mol. The first-order chi connectivity index (χ1) is 40.8. The summed E-state index contributed by atoms with van der Waals surface area (Å²) < 4.78 is 33.2. The Bertz CT molecular complexity index is 1450. The van der Waals surface area contributed by atoms with Gasteiger partial charge < -0.3 is 20.1 Å². The van der Waals surface area contributed by atoms with E-state index in [9.17, 15) is 19.0 Å². The molecule has 0 amide bonds. The number of carbonyl (C=O) groups is 2. The number of hydrogen-bond acceptors (Lipinski definition) is 8. The molecule has 0 fully saturated rings. The van der Waals surface area contributed by atoms with Gasteiger partial charge in [0.15, 0.2) is 6.10 Å². The number of hydrogen-bond donors (Lipinski definition) is 2. The zero-order valence-electron chi connectivity index (χ0n) is 55.2. The van der Waals surface area contributed by atoms with Crippen molar-refractivity contribution in [3.05, 3.63) is 36.5 Å². The van der Waals surface area contributed by atoms with Crippen molar-refractivity contribution in [1.82, 2.24) is 0 Å². The number of unbranched alkanes of at least 4 members (excludes halogenated alkanes) is 51. The van der Waals surface area contributed by atoms with Gasteiger partial charge in [0.1, 0.15) is 6.61 Å². The molecule has 0 aliphatic carbocycles. The van der Waals surface area contributed by atoms with E-state index in [-0.39, 0.29) is 38.6 Å². The number of ether oxygens (including phenoxy) is 2. The van der Waals surface area contributed by atoms with Crippen LogP contribution < -0.4 is 5.73 Å². The molecule has 0 aliphatic rings. The van der Waals surface area contributed by atoms with Crippen LogP contribution in [0.3, 0.4) is 0 Å². The minimum Gasteiger partial charge on any atom is -0.462 e. The minimum absolute atomic E-state index is 0.0550. The molecule has 0 aromatic rings. The first-order valence-corrected chi connectivity index (χ1v) is 38.0. The molecule has 0 heterocycles. The van der Waals surface area contributed by atoms with Crippen LogP contribution in [-0.4, -0.2) is 49.3 Å². The van der Waals surface area contributed by atoms with Gasteiger partial charge in [-0.1, -0.05) is 339 Å². The number of allylic oxidation sites excluding steroid dienone is 6. The fourth-order valence-corrected chi connectivity index (χ4v) is 11.8. The van der Waals surface area contributed by atoms with Crippen molar-refractivity contribution in [1.29, 1.82) is 0 Å². The van der Waals surface area contributed by atoms with E-state index in [2.05, 4.69) is 50.3 Å². The van der Waals surface area contributed by atoms with Crippen molar-refractivity contribution in [2.75, 3.05) is 26.4 Å². The van der Waals surface area contributed by atoms with Gasteiger partial charge in [0.05, 0.1) is 13.2 Å². The van der Waals surface area contributed by atoms with E-state index < -0.39 is 26.5 Å². The Labute approximate surface area is 515 Å². The smallest absolute Gasteiger partial charge is 0.462 e. The van der Waals surface area contributed by atoms with E-state index in [0.29, 0.717) is 6.42 Å². The molecule has 83 heavy (non-hydrogen) atoms. The van der Waals surface area contributed by atoms with E-state index in [1.807, 2.05) is 0 Å². The summed E-state index contributed by atoms with van der Waals surface area (Å²) in [4.78, 5) is 35.3. The topological polar surface area (TPSA) is 134 Å². The lowest BCUT2D eigenvalue weighted by atomic mass is 10.0. The lowest BCUT2D eigenvalue weighted by Gasteiger charge is -2.19. The van der Waals surface area contributed by atoms with Crippen LogP contribution in [0.25, 0.3) is 0 Å². The van der Waals surface area contributed by atoms with E-state index in [1.54, 1.807) is 0 Å². The zero-order valence-corrected chi connectivity index (χ0v) is 56.1. The highest BCUT2D eigenvalue weighted by molar-refractivity contribution is 7.47. The summed E-state index contributed by atoms with van der Waals surface area (Å²) in [5, 5.41) is 0. The Morgan fingerprint density at radius 3 is 0.928 bits per heavy atom. The van der Waals surface area contributed by atoms with E-state index >= 15 is 0 Å². The fraction of sp³-hybridized carbons (Fsp3) is 0.890. The highest BCUT2D eigenvalue weighted by Gasteiger charge is 2.26. The standard InChI is InChI=1S/C73H140NO8P/c1-3-5-7-9-11-13-15-17-19-21-23-25-27-28-29-30-31-32-33-34-35-36-37-38-39-40-41-42-44-45-47-49-51-53-55-57-59-61-63-65-72(75)79-69-71(70-81-83(77,78)80-68-67-74)82-73(76)66-64-62-60-58-56-54-52-50-48-46-43-26-24-22-20-18-16-14-12-10-8-6-4-2/h16,18,21-24,71H,3-15,17,19-20,25-70,74H2,1-2H3,(H,77,78)/b18-16-,23-21-,24-22-. The second kappa shape index (κ2) is 69.3. The molecular formula is C73H140NO8P. The van der Waals surface area contributed by atoms with Crippen molar-refractivity contribution in [2.45, 2.75) is 392 Å². The van der Waals surface area contributed by atoms with Crippen molar-refractivity contribution in [2.24, 2.45) is 5.73 Å². The Hall–Kier alpha value is -1.77. The van der Waals surface area contributed by atoms with Gasteiger partial charge in [-0.05, 0) is 70.6 Å². The summed E-state index contributed by atoms with van der Waals surface area (Å²) in [7, 11) is -4.39. The molecule has 0 aromatic heterocycles. The molecule has 10 heteroatoms. The molecule has 0 aliphatic heterocycles. The molecule has 9 nitrogen and oxygen atoms in total. The van der Waals surface area contributed by atoms with Crippen LogP contribution in [0.4, 0.5) is 0 Å². The first-order valence-electron chi connectivity index (χ1n) is 36.5. The highest BCUT2D eigenvalue weighted by atomic mass is 31.2. The Morgan fingerprint density at radius 1 is 0.361 bits per heavy atom. The Balaban J connectivity index is 3.75. The predicted octanol–water partition coefficient (Wildman–Crippen LogP) is 23.9. The molecule has 0 saturated heterocycles. The van der Waals surface area contributed by atoms with Crippen LogP contribution in [0.2, 0.25) is 0 Å². The molecule has 0 saturated carbocycles. The van der Waals surface area contributed by atoms with E-state index in [1.165, 1.54) is 308 Å². The van der Waals surface area contributed by atoms with Crippen LogP contribution in [-0.2, 0) is 32.7 Å². The number of phosphoric ester groups is 1. The van der Waals surface area contributed by atoms with Crippen molar-refractivity contribution in [3.63, 3.8) is 0 Å². The fourth-order valence-electron chi connectivity index (χ4n) is 11.1. The summed E-state index contributed by atoms with van der Waals surface area (Å²) in [6.45, 7) is 3.80. The van der Waals surface area contributed by atoms with Gasteiger partial charge in [-0.25, -0.2) is 4.57 Å². The average Bonchev–Trinajstić information content (AvgIpc) is 3.48. The SMILES string of the molecule is CCCCCCC/C=C\C/C=C\CCCCCCCCCCCCCC(=O)OC(COC(=O)CCCCCCCCCCCCCCCCCCCCCCCCCCCCC/C=C\CCCCCCCCCC)COP(=O)(O)OCCN. The van der Waals surface area contributed by atoms with Crippen molar-refractivity contribution < 1.29 is 37.6 Å². The van der Waals surface area contributed by atoms with Crippen LogP contribution >= 0.6 is 7.82 Å². The van der Waals surface area contributed by atoms with Gasteiger partial charge in [0, 0.05) is 19.4 Å². The molecule has 0 rings (SSSR count). The third-order valence-electron chi connectivity index (χ3n) is 16.5. The van der Waals surface area contributed by atoms with E-state index in [0.717, 1.165) is 44.9 Å². The second-order valence-corrected chi connectivity index (χ2v) is 26.3. The number of carbonyl (C=O) groups excluding carboxylic acids is 2. The molecule has 0 bridgehead atoms. The van der Waals surface area contributed by atoms with Gasteiger partial charge in [0.2, 0.25) is 0 Å². The second-order valence-electron chi connectivity index (χ2n) is 24.8. The normalized spacial score (nSPS) is 13.1. The Morgan fingerprint density at radius 2 is 0.627 bits per heavy atom. The maximum Gasteiger partial charge on any atom is 0.472 e. The Kier molecular flexibility index (Phi) is 67.9. The van der Waals surface area contributed by atoms with Gasteiger partial charge in [-0.3, -0.25) is 18.6 Å². The largest absolute Gasteiger partial charge is 0.472 e. The van der Waals surface area contributed by atoms with Crippen LogP contribution in [0.5, 0.6) is 0 Å². The van der Waals surface area contributed by atoms with Gasteiger partial charge in [0.25, 0.3) is 0 Å². The quantitative estimate of drug-likeness (QED) is 0.0264. The summed E-state index contributed by atoms with van der Waals surface area (Å²) in [6.07, 6.45) is 86.9. The molecule has 0 radical (unpaired) electrons. The van der Waals surface area contributed by atoms with Crippen LogP contribution in [0.1, 0.15) is 386 Å². The molecule has 2 atom stereocenters. The minimum atomic E-state index is -4.39. The summed E-state index contributed by atoms with van der Waals surface area (Å²) in [6, 6.07) is 0. The number of phosphoric acid groups is 1. The van der Waals surface area contributed by atoms with Gasteiger partial charge >= 0.3 is 19.8 Å². The molecule has 2 unspecified atom stereocenters. The summed E-state index contributed by atoms with van der Waals surface area (Å²) in [5.74, 6) is -0.810. The number of rotatable bonds is 70. The van der Waals surface area contributed by atoms with Gasteiger partial charge in [-0.2, -0.15) is 0 Å². The zero-order chi connectivity index (χ0) is 60.1. The van der Waals surface area contributed by atoms with Crippen molar-refractivity contribution in [3.8, 4) is 0 Å². The number of esters is 2. The predicted molar refractivity (Wildman–Crippen MR) is 358 cm³/mol. The molecule has 490 valence electrons. The highest BCUT2D eigenvalue weighted by Crippen LogP contribution is 2.43. The summed E-state index contributed by atoms with van der Waals surface area (Å²) >= 11 is 0. The maximum absolute atomic E-state index is 12.7. The molecular weight excluding hydrogens is 1050 g/mol.